The molecule has 0 atom stereocenters. The lowest BCUT2D eigenvalue weighted by Gasteiger charge is -2.15. The first-order valence-electron chi connectivity index (χ1n) is 11.7. The van der Waals surface area contributed by atoms with Crippen LogP contribution in [0.15, 0.2) is 59.1 Å². The molecule has 0 saturated carbocycles. The number of halogens is 1. The van der Waals surface area contributed by atoms with E-state index in [1.807, 2.05) is 54.6 Å². The number of carbonyl (C=O) groups excluding carboxylic acids is 1. The minimum atomic E-state index is -0.180. The van der Waals surface area contributed by atoms with Gasteiger partial charge in [0.15, 0.2) is 28.8 Å². The molecule has 0 aromatic heterocycles. The van der Waals surface area contributed by atoms with E-state index in [9.17, 15) is 4.79 Å². The first-order valence-corrected chi connectivity index (χ1v) is 12.5. The predicted octanol–water partition coefficient (Wildman–Crippen LogP) is 6.65. The number of carbonyl (C=O) groups is 1. The molecule has 0 N–H and O–H groups in total. The molecule has 0 aliphatic carbocycles. The maximum Gasteiger partial charge on any atom is 0.204 e. The Balaban J connectivity index is 1.70. The highest BCUT2D eigenvalue weighted by Crippen LogP contribution is 2.45. The Labute approximate surface area is 231 Å². The summed E-state index contributed by atoms with van der Waals surface area (Å²) in [5, 5.41) is 0. The first-order chi connectivity index (χ1) is 18.4. The highest BCUT2D eigenvalue weighted by molar-refractivity contribution is 9.10. The molecule has 0 spiro atoms. The number of allylic oxidation sites excluding steroid dienone is 2. The van der Waals surface area contributed by atoms with Crippen molar-refractivity contribution in [2.45, 2.75) is 6.42 Å². The molecule has 0 heterocycles. The lowest BCUT2D eigenvalue weighted by Crippen LogP contribution is -2.02. The number of ether oxygens (including phenoxy) is 6. The largest absolute Gasteiger partial charge is 0.493 e. The van der Waals surface area contributed by atoms with Crippen LogP contribution in [0.2, 0.25) is 0 Å². The monoisotopic (exact) mass is 582 g/mol. The zero-order chi connectivity index (χ0) is 27.7. The summed E-state index contributed by atoms with van der Waals surface area (Å²) in [7, 11) is 9.30. The zero-order valence-corrected chi connectivity index (χ0v) is 23.9. The molecule has 3 aromatic carbocycles. The van der Waals surface area contributed by atoms with Crippen LogP contribution in [-0.4, -0.2) is 48.4 Å². The van der Waals surface area contributed by atoms with Crippen molar-refractivity contribution in [3.8, 4) is 34.5 Å². The topological polar surface area (TPSA) is 72.5 Å². The van der Waals surface area contributed by atoms with Crippen LogP contribution in [0.1, 0.15) is 27.0 Å². The third-order valence-corrected chi connectivity index (χ3v) is 6.58. The SMILES string of the molecule is COc1cc(/C=C\c2ccc(C/C=C\C(=O)c3cc(OC)c(OC)c(OC)c3Br)cc2)cc(OC)c1OC. The van der Waals surface area contributed by atoms with Crippen LogP contribution < -0.4 is 28.4 Å². The van der Waals surface area contributed by atoms with E-state index in [1.54, 1.807) is 33.5 Å². The smallest absolute Gasteiger partial charge is 0.204 e. The van der Waals surface area contributed by atoms with Gasteiger partial charge in [-0.1, -0.05) is 42.5 Å². The van der Waals surface area contributed by atoms with Crippen molar-refractivity contribution in [2.24, 2.45) is 0 Å². The number of methoxy groups -OCH3 is 6. The Hall–Kier alpha value is -3.91. The maximum absolute atomic E-state index is 12.9. The van der Waals surface area contributed by atoms with Gasteiger partial charge in [-0.25, -0.2) is 0 Å². The van der Waals surface area contributed by atoms with Gasteiger partial charge in [-0.05, 0) is 63.3 Å². The van der Waals surface area contributed by atoms with Crippen molar-refractivity contribution in [1.29, 1.82) is 0 Å². The van der Waals surface area contributed by atoms with Crippen molar-refractivity contribution in [2.75, 3.05) is 42.7 Å². The quantitative estimate of drug-likeness (QED) is 0.134. The molecule has 0 bridgehead atoms. The van der Waals surface area contributed by atoms with Crippen LogP contribution in [-0.2, 0) is 6.42 Å². The van der Waals surface area contributed by atoms with E-state index in [1.165, 1.54) is 21.3 Å². The molecule has 0 saturated heterocycles. The molecule has 0 aliphatic heterocycles. The molecule has 0 fully saturated rings. The van der Waals surface area contributed by atoms with E-state index < -0.39 is 0 Å². The van der Waals surface area contributed by atoms with Gasteiger partial charge < -0.3 is 28.4 Å². The fourth-order valence-corrected chi connectivity index (χ4v) is 4.50. The normalized spacial score (nSPS) is 11.0. The van der Waals surface area contributed by atoms with Crippen LogP contribution >= 0.6 is 15.9 Å². The lowest BCUT2D eigenvalue weighted by atomic mass is 10.1. The molecule has 3 aromatic rings. The van der Waals surface area contributed by atoms with Gasteiger partial charge in [0, 0.05) is 5.56 Å². The number of benzene rings is 3. The molecule has 0 aliphatic rings. The van der Waals surface area contributed by atoms with Crippen molar-refractivity contribution < 1.29 is 33.2 Å². The van der Waals surface area contributed by atoms with Crippen LogP contribution in [0, 0.1) is 0 Å². The predicted molar refractivity (Wildman–Crippen MR) is 152 cm³/mol. The van der Waals surface area contributed by atoms with Crippen LogP contribution in [0.4, 0.5) is 0 Å². The molecular weight excluding hydrogens is 552 g/mol. The van der Waals surface area contributed by atoms with Gasteiger partial charge in [0.2, 0.25) is 11.5 Å². The summed E-state index contributed by atoms with van der Waals surface area (Å²) in [4.78, 5) is 12.9. The minimum Gasteiger partial charge on any atom is -0.493 e. The van der Waals surface area contributed by atoms with Crippen LogP contribution in [0.25, 0.3) is 12.2 Å². The number of rotatable bonds is 12. The van der Waals surface area contributed by atoms with Crippen molar-refractivity contribution in [1.82, 2.24) is 0 Å². The summed E-state index contributed by atoms with van der Waals surface area (Å²) in [5.41, 5.74) is 3.44. The molecule has 0 radical (unpaired) electrons. The fraction of sp³-hybridized carbons (Fsp3) is 0.233. The summed E-state index contributed by atoms with van der Waals surface area (Å²) in [5.74, 6) is 2.81. The third kappa shape index (κ3) is 6.50. The molecule has 0 unspecified atom stereocenters. The van der Waals surface area contributed by atoms with E-state index in [0.29, 0.717) is 51.0 Å². The highest BCUT2D eigenvalue weighted by atomic mass is 79.9. The second kappa shape index (κ2) is 13.6. The van der Waals surface area contributed by atoms with Gasteiger partial charge in [0.1, 0.15) is 0 Å². The van der Waals surface area contributed by atoms with E-state index in [2.05, 4.69) is 15.9 Å². The average molecular weight is 583 g/mol. The summed E-state index contributed by atoms with van der Waals surface area (Å²) in [6.45, 7) is 0. The van der Waals surface area contributed by atoms with Gasteiger partial charge in [-0.3, -0.25) is 4.79 Å². The first kappa shape index (κ1) is 28.7. The van der Waals surface area contributed by atoms with Crippen molar-refractivity contribution >= 4 is 33.9 Å². The lowest BCUT2D eigenvalue weighted by molar-refractivity contribution is 0.104. The maximum atomic E-state index is 12.9. The molecule has 0 amide bonds. The number of ketones is 1. The summed E-state index contributed by atoms with van der Waals surface area (Å²) in [6.07, 6.45) is 7.96. The molecular formula is C30H31BrO7. The van der Waals surface area contributed by atoms with Gasteiger partial charge in [-0.15, -0.1) is 0 Å². The number of hydrogen-bond donors (Lipinski definition) is 0. The van der Waals surface area contributed by atoms with Gasteiger partial charge in [-0.2, -0.15) is 0 Å². The van der Waals surface area contributed by atoms with E-state index in [0.717, 1.165) is 16.7 Å². The van der Waals surface area contributed by atoms with Crippen molar-refractivity contribution in [3.63, 3.8) is 0 Å². The van der Waals surface area contributed by atoms with E-state index in [-0.39, 0.29) is 5.78 Å². The molecule has 3 rings (SSSR count). The van der Waals surface area contributed by atoms with Gasteiger partial charge in [0.05, 0.1) is 47.1 Å². The molecule has 200 valence electrons. The minimum absolute atomic E-state index is 0.180. The molecule has 38 heavy (non-hydrogen) atoms. The fourth-order valence-electron chi connectivity index (χ4n) is 3.85. The Kier molecular flexibility index (Phi) is 10.2. The van der Waals surface area contributed by atoms with E-state index >= 15 is 0 Å². The standard InChI is InChI=1S/C30H31BrO7/c1-33-24-16-21(17-25(34-2)28(24)36-4)15-14-20-12-10-19(11-13-20)8-7-9-23(32)22-18-26(35-3)29(37-5)30(38-6)27(22)31/h7,9-18H,8H2,1-6H3/b9-7-,15-14-. The Morgan fingerprint density at radius 3 is 1.74 bits per heavy atom. The summed E-state index contributed by atoms with van der Waals surface area (Å²) < 4.78 is 32.9. The summed E-state index contributed by atoms with van der Waals surface area (Å²) in [6, 6.07) is 13.5. The second-order valence-corrected chi connectivity index (χ2v) is 8.80. The zero-order valence-electron chi connectivity index (χ0n) is 22.3. The molecule has 8 heteroatoms. The van der Waals surface area contributed by atoms with E-state index in [4.69, 9.17) is 28.4 Å². The number of hydrogen-bond acceptors (Lipinski definition) is 7. The average Bonchev–Trinajstić information content (AvgIpc) is 2.95. The Bertz CT molecular complexity index is 1300. The van der Waals surface area contributed by atoms with Crippen LogP contribution in [0.3, 0.4) is 0 Å². The Morgan fingerprint density at radius 2 is 1.21 bits per heavy atom. The van der Waals surface area contributed by atoms with Gasteiger partial charge >= 0.3 is 0 Å². The van der Waals surface area contributed by atoms with Crippen LogP contribution in [0.5, 0.6) is 34.5 Å². The van der Waals surface area contributed by atoms with Crippen molar-refractivity contribution in [3.05, 3.63) is 81.3 Å². The highest BCUT2D eigenvalue weighted by Gasteiger charge is 2.21. The Morgan fingerprint density at radius 1 is 0.684 bits per heavy atom. The summed E-state index contributed by atoms with van der Waals surface area (Å²) >= 11 is 3.45. The molecule has 7 nitrogen and oxygen atoms in total. The van der Waals surface area contributed by atoms with Gasteiger partial charge in [0.25, 0.3) is 0 Å². The third-order valence-electron chi connectivity index (χ3n) is 5.79. The second-order valence-electron chi connectivity index (χ2n) is 8.01.